The molecule has 2 heterocycles. The maximum atomic E-state index is 13.0. The van der Waals surface area contributed by atoms with Crippen molar-refractivity contribution < 1.29 is 28.5 Å². The molecule has 1 aromatic heterocycles. The van der Waals surface area contributed by atoms with Gasteiger partial charge in [0.2, 0.25) is 5.75 Å². The lowest BCUT2D eigenvalue weighted by Gasteiger charge is -2.25. The zero-order valence-electron chi connectivity index (χ0n) is 17.8. The Morgan fingerprint density at radius 2 is 1.77 bits per heavy atom. The highest BCUT2D eigenvalue weighted by Crippen LogP contribution is 2.40. The Hall–Kier alpha value is -2.78. The predicted octanol–water partition coefficient (Wildman–Crippen LogP) is 3.19. The molecule has 0 saturated carbocycles. The number of methoxy groups -OCH3 is 4. The number of fused-ring (bicyclic) bond motifs is 1. The standard InChI is InChI=1S/C21H26N2O6S/c1-6-23-8-7-13-16(11-23)30-20(17(13)21(25)29-5)22-19(24)12-9-14(26-2)18(28-4)15(10-12)27-3/h9-10H,6-8,11H2,1-5H3,(H,22,24). The van der Waals surface area contributed by atoms with E-state index in [0.29, 0.717) is 33.4 Å². The lowest BCUT2D eigenvalue weighted by molar-refractivity contribution is 0.0600. The Kier molecular flexibility index (Phi) is 6.84. The quantitative estimate of drug-likeness (QED) is 0.670. The van der Waals surface area contributed by atoms with E-state index in [1.54, 1.807) is 12.1 Å². The van der Waals surface area contributed by atoms with Gasteiger partial charge in [-0.05, 0) is 30.7 Å². The van der Waals surface area contributed by atoms with Crippen molar-refractivity contribution in [2.24, 2.45) is 0 Å². The molecule has 0 radical (unpaired) electrons. The fourth-order valence-electron chi connectivity index (χ4n) is 3.52. The number of esters is 1. The fraction of sp³-hybridized carbons (Fsp3) is 0.429. The minimum atomic E-state index is -0.447. The highest BCUT2D eigenvalue weighted by Gasteiger charge is 2.29. The molecule has 3 rings (SSSR count). The van der Waals surface area contributed by atoms with E-state index in [0.717, 1.165) is 36.5 Å². The van der Waals surface area contributed by atoms with Crippen molar-refractivity contribution in [3.63, 3.8) is 0 Å². The van der Waals surface area contributed by atoms with Crippen LogP contribution in [0.4, 0.5) is 5.00 Å². The first-order valence-corrected chi connectivity index (χ1v) is 10.4. The molecule has 0 unspecified atom stereocenters. The van der Waals surface area contributed by atoms with Gasteiger partial charge in [-0.25, -0.2) is 4.79 Å². The second-order valence-electron chi connectivity index (χ2n) is 6.69. The number of likely N-dealkylation sites (N-methyl/N-ethyl adjacent to an activating group) is 1. The van der Waals surface area contributed by atoms with E-state index in [2.05, 4.69) is 17.1 Å². The Morgan fingerprint density at radius 1 is 1.10 bits per heavy atom. The van der Waals surface area contributed by atoms with Crippen molar-refractivity contribution in [1.82, 2.24) is 4.90 Å². The van der Waals surface area contributed by atoms with Crippen molar-refractivity contribution in [2.75, 3.05) is 46.8 Å². The first-order chi connectivity index (χ1) is 14.5. The van der Waals surface area contributed by atoms with Gasteiger partial charge < -0.3 is 24.3 Å². The topological polar surface area (TPSA) is 86.3 Å². The first-order valence-electron chi connectivity index (χ1n) is 9.53. The van der Waals surface area contributed by atoms with E-state index in [9.17, 15) is 9.59 Å². The van der Waals surface area contributed by atoms with Gasteiger partial charge in [0.05, 0.1) is 34.0 Å². The molecule has 1 amide bonds. The summed E-state index contributed by atoms with van der Waals surface area (Å²) in [6, 6.07) is 3.14. The molecular weight excluding hydrogens is 408 g/mol. The molecule has 0 bridgehead atoms. The number of hydrogen-bond acceptors (Lipinski definition) is 8. The van der Waals surface area contributed by atoms with Gasteiger partial charge in [-0.15, -0.1) is 11.3 Å². The predicted molar refractivity (Wildman–Crippen MR) is 114 cm³/mol. The fourth-order valence-corrected chi connectivity index (χ4v) is 4.79. The number of rotatable bonds is 7. The highest BCUT2D eigenvalue weighted by molar-refractivity contribution is 7.17. The Labute approximate surface area is 179 Å². The smallest absolute Gasteiger partial charge is 0.341 e. The van der Waals surface area contributed by atoms with Crippen LogP contribution in [0.2, 0.25) is 0 Å². The Morgan fingerprint density at radius 3 is 2.30 bits per heavy atom. The Bertz CT molecular complexity index is 930. The summed E-state index contributed by atoms with van der Waals surface area (Å²) in [6.07, 6.45) is 0.740. The SMILES string of the molecule is CCN1CCc2c(sc(NC(=O)c3cc(OC)c(OC)c(OC)c3)c2C(=O)OC)C1. The van der Waals surface area contributed by atoms with Crippen LogP contribution >= 0.6 is 11.3 Å². The molecule has 0 fully saturated rings. The van der Waals surface area contributed by atoms with Crippen LogP contribution in [0.15, 0.2) is 12.1 Å². The van der Waals surface area contributed by atoms with Gasteiger partial charge in [-0.2, -0.15) is 0 Å². The van der Waals surface area contributed by atoms with Gasteiger partial charge in [-0.3, -0.25) is 9.69 Å². The second-order valence-corrected chi connectivity index (χ2v) is 7.79. The van der Waals surface area contributed by atoms with E-state index in [-0.39, 0.29) is 5.91 Å². The maximum absolute atomic E-state index is 13.0. The third kappa shape index (κ3) is 4.08. The number of carbonyl (C=O) groups is 2. The van der Waals surface area contributed by atoms with Gasteiger partial charge in [0.1, 0.15) is 5.00 Å². The van der Waals surface area contributed by atoms with Crippen LogP contribution in [-0.2, 0) is 17.7 Å². The third-order valence-electron chi connectivity index (χ3n) is 5.13. The number of amides is 1. The first kappa shape index (κ1) is 21.9. The molecular formula is C21H26N2O6S. The van der Waals surface area contributed by atoms with Crippen LogP contribution in [-0.4, -0.2) is 58.3 Å². The largest absolute Gasteiger partial charge is 0.493 e. The summed E-state index contributed by atoms with van der Waals surface area (Å²) in [7, 11) is 5.82. The summed E-state index contributed by atoms with van der Waals surface area (Å²) < 4.78 is 21.0. The lowest BCUT2D eigenvalue weighted by Crippen LogP contribution is -2.29. The number of ether oxygens (including phenoxy) is 4. The van der Waals surface area contributed by atoms with Crippen LogP contribution in [0.3, 0.4) is 0 Å². The summed E-state index contributed by atoms with van der Waals surface area (Å²) in [5.41, 5.74) is 1.72. The van der Waals surface area contributed by atoms with Crippen molar-refractivity contribution in [3.05, 3.63) is 33.7 Å². The number of hydrogen-bond donors (Lipinski definition) is 1. The van der Waals surface area contributed by atoms with E-state index in [1.165, 1.54) is 39.8 Å². The lowest BCUT2D eigenvalue weighted by atomic mass is 10.0. The molecule has 2 aromatic rings. The van der Waals surface area contributed by atoms with Gasteiger partial charge in [0, 0.05) is 23.5 Å². The summed E-state index contributed by atoms with van der Waals surface area (Å²) in [5.74, 6) is 0.319. The summed E-state index contributed by atoms with van der Waals surface area (Å²) >= 11 is 1.41. The number of anilines is 1. The number of nitrogens with one attached hydrogen (secondary N) is 1. The molecule has 8 nitrogen and oxygen atoms in total. The van der Waals surface area contributed by atoms with Crippen LogP contribution in [0, 0.1) is 0 Å². The van der Waals surface area contributed by atoms with Gasteiger partial charge in [-0.1, -0.05) is 6.92 Å². The van der Waals surface area contributed by atoms with Crippen LogP contribution < -0.4 is 19.5 Å². The zero-order chi connectivity index (χ0) is 21.8. The van der Waals surface area contributed by atoms with E-state index >= 15 is 0 Å². The van der Waals surface area contributed by atoms with Crippen molar-refractivity contribution in [3.8, 4) is 17.2 Å². The third-order valence-corrected chi connectivity index (χ3v) is 6.26. The Balaban J connectivity index is 1.97. The van der Waals surface area contributed by atoms with Crippen molar-refractivity contribution >= 4 is 28.2 Å². The minimum absolute atomic E-state index is 0.321. The maximum Gasteiger partial charge on any atom is 0.341 e. The van der Waals surface area contributed by atoms with Crippen molar-refractivity contribution in [1.29, 1.82) is 0 Å². The van der Waals surface area contributed by atoms with Crippen LogP contribution in [0.25, 0.3) is 0 Å². The summed E-state index contributed by atoms with van der Waals surface area (Å²) in [4.78, 5) is 28.9. The van der Waals surface area contributed by atoms with Gasteiger partial charge in [0.15, 0.2) is 11.5 Å². The monoisotopic (exact) mass is 434 g/mol. The molecule has 162 valence electrons. The average molecular weight is 435 g/mol. The van der Waals surface area contributed by atoms with Gasteiger partial charge >= 0.3 is 5.97 Å². The molecule has 30 heavy (non-hydrogen) atoms. The molecule has 9 heteroatoms. The minimum Gasteiger partial charge on any atom is -0.493 e. The van der Waals surface area contributed by atoms with E-state index in [4.69, 9.17) is 18.9 Å². The summed E-state index contributed by atoms with van der Waals surface area (Å²) in [6.45, 7) is 4.65. The average Bonchev–Trinajstić information content (AvgIpc) is 3.13. The zero-order valence-corrected chi connectivity index (χ0v) is 18.6. The second kappa shape index (κ2) is 9.36. The van der Waals surface area contributed by atoms with E-state index < -0.39 is 5.97 Å². The number of nitrogens with zero attached hydrogens (tertiary/aromatic N) is 1. The van der Waals surface area contributed by atoms with Crippen LogP contribution in [0.5, 0.6) is 17.2 Å². The van der Waals surface area contributed by atoms with Crippen molar-refractivity contribution in [2.45, 2.75) is 19.9 Å². The number of benzene rings is 1. The number of thiophene rings is 1. The molecule has 0 saturated heterocycles. The normalized spacial score (nSPS) is 13.4. The molecule has 0 atom stereocenters. The van der Waals surface area contributed by atoms with Crippen LogP contribution in [0.1, 0.15) is 38.1 Å². The van der Waals surface area contributed by atoms with Gasteiger partial charge in [0.25, 0.3) is 5.91 Å². The molecule has 1 aliphatic heterocycles. The molecule has 0 spiro atoms. The van der Waals surface area contributed by atoms with E-state index in [1.807, 2.05) is 0 Å². The molecule has 1 N–H and O–H groups in total. The molecule has 0 aliphatic carbocycles. The molecule has 1 aliphatic rings. The molecule has 1 aromatic carbocycles. The number of carbonyl (C=O) groups excluding carboxylic acids is 2. The summed E-state index contributed by atoms with van der Waals surface area (Å²) in [5, 5.41) is 3.37. The highest BCUT2D eigenvalue weighted by atomic mass is 32.1.